The van der Waals surface area contributed by atoms with Crippen LogP contribution in [0.3, 0.4) is 0 Å². The van der Waals surface area contributed by atoms with Gasteiger partial charge in [-0.3, -0.25) is 20.1 Å². The molecule has 0 aliphatic carbocycles. The summed E-state index contributed by atoms with van der Waals surface area (Å²) in [6, 6.07) is -0.181. The van der Waals surface area contributed by atoms with Gasteiger partial charge in [-0.15, -0.1) is 0 Å². The van der Waals surface area contributed by atoms with Gasteiger partial charge in [0.25, 0.3) is 0 Å². The van der Waals surface area contributed by atoms with Crippen LogP contribution in [-0.4, -0.2) is 45.3 Å². The molecule has 7 nitrogen and oxygen atoms in total. The van der Waals surface area contributed by atoms with Gasteiger partial charge in [0.15, 0.2) is 0 Å². The lowest BCUT2D eigenvalue weighted by molar-refractivity contribution is -0.385. The maximum absolute atomic E-state index is 10.6. The molecule has 15 heavy (non-hydrogen) atoms. The molecule has 0 radical (unpaired) electrons. The van der Waals surface area contributed by atoms with Crippen LogP contribution in [-0.2, 0) is 0 Å². The van der Waals surface area contributed by atoms with Gasteiger partial charge in [-0.2, -0.15) is 5.10 Å². The smallest absolute Gasteiger partial charge is 0.311 e. The number of rotatable bonds is 5. The average molecular weight is 214 g/mol. The third kappa shape index (κ3) is 2.51. The molecule has 1 rings (SSSR count). The zero-order valence-electron chi connectivity index (χ0n) is 8.67. The van der Waals surface area contributed by atoms with Crippen LogP contribution in [0.2, 0.25) is 0 Å². The number of aromatic nitrogens is 2. The summed E-state index contributed by atoms with van der Waals surface area (Å²) >= 11 is 0. The number of nitrogens with one attached hydrogen (secondary N) is 1. The van der Waals surface area contributed by atoms with E-state index in [1.807, 2.05) is 6.92 Å². The Hall–Kier alpha value is -1.47. The van der Waals surface area contributed by atoms with E-state index in [-0.39, 0.29) is 18.3 Å². The molecule has 1 atom stereocenters. The van der Waals surface area contributed by atoms with Crippen molar-refractivity contribution in [3.05, 3.63) is 22.0 Å². The van der Waals surface area contributed by atoms with E-state index in [4.69, 9.17) is 5.11 Å². The molecule has 7 heteroatoms. The predicted octanol–water partition coefficient (Wildman–Crippen LogP) is 0.303. The molecule has 1 aromatic rings. The molecule has 0 amide bonds. The SMILES string of the molecule is C[C@H](c1[nH]ncc1[N+](=O)[O-])N(C)CCO. The number of hydrogen-bond acceptors (Lipinski definition) is 5. The van der Waals surface area contributed by atoms with Crippen molar-refractivity contribution >= 4 is 5.69 Å². The van der Waals surface area contributed by atoms with Crippen molar-refractivity contribution in [1.82, 2.24) is 15.1 Å². The van der Waals surface area contributed by atoms with Crippen LogP contribution < -0.4 is 0 Å². The topological polar surface area (TPSA) is 95.3 Å². The second kappa shape index (κ2) is 4.85. The lowest BCUT2D eigenvalue weighted by atomic mass is 10.2. The van der Waals surface area contributed by atoms with E-state index < -0.39 is 4.92 Å². The maximum Gasteiger partial charge on any atom is 0.311 e. The van der Waals surface area contributed by atoms with E-state index >= 15 is 0 Å². The number of aliphatic hydroxyl groups excluding tert-OH is 1. The molecule has 0 bridgehead atoms. The molecule has 0 saturated carbocycles. The lowest BCUT2D eigenvalue weighted by Gasteiger charge is -2.21. The molecule has 0 spiro atoms. The van der Waals surface area contributed by atoms with E-state index in [0.29, 0.717) is 12.2 Å². The highest BCUT2D eigenvalue weighted by Gasteiger charge is 2.23. The van der Waals surface area contributed by atoms with Crippen molar-refractivity contribution in [1.29, 1.82) is 0 Å². The van der Waals surface area contributed by atoms with E-state index in [1.165, 1.54) is 6.20 Å². The Kier molecular flexibility index (Phi) is 3.75. The molecule has 0 aliphatic heterocycles. The van der Waals surface area contributed by atoms with E-state index in [0.717, 1.165) is 0 Å². The summed E-state index contributed by atoms with van der Waals surface area (Å²) in [7, 11) is 1.78. The Morgan fingerprint density at radius 2 is 2.47 bits per heavy atom. The van der Waals surface area contributed by atoms with Crippen molar-refractivity contribution in [3.8, 4) is 0 Å². The molecular formula is C8H14N4O3. The first-order chi connectivity index (χ1) is 7.07. The minimum absolute atomic E-state index is 0.0166. The second-order valence-electron chi connectivity index (χ2n) is 3.31. The number of aliphatic hydroxyl groups is 1. The highest BCUT2D eigenvalue weighted by atomic mass is 16.6. The normalized spacial score (nSPS) is 13.1. The Bertz CT molecular complexity index is 338. The van der Waals surface area contributed by atoms with Crippen LogP contribution in [0, 0.1) is 10.1 Å². The van der Waals surface area contributed by atoms with E-state index in [1.54, 1.807) is 11.9 Å². The highest BCUT2D eigenvalue weighted by molar-refractivity contribution is 5.33. The minimum atomic E-state index is -0.470. The third-order valence-electron chi connectivity index (χ3n) is 2.38. The van der Waals surface area contributed by atoms with Crippen molar-refractivity contribution in [2.45, 2.75) is 13.0 Å². The molecule has 1 heterocycles. The van der Waals surface area contributed by atoms with Crippen molar-refractivity contribution in [2.75, 3.05) is 20.2 Å². The Labute approximate surface area is 86.9 Å². The quantitative estimate of drug-likeness (QED) is 0.543. The minimum Gasteiger partial charge on any atom is -0.395 e. The van der Waals surface area contributed by atoms with Gasteiger partial charge in [-0.1, -0.05) is 0 Å². The average Bonchev–Trinajstić information content (AvgIpc) is 2.65. The van der Waals surface area contributed by atoms with Gasteiger partial charge < -0.3 is 5.11 Å². The first-order valence-electron chi connectivity index (χ1n) is 4.56. The first kappa shape index (κ1) is 11.6. The summed E-state index contributed by atoms with van der Waals surface area (Å²) in [5.74, 6) is 0. The molecule has 2 N–H and O–H groups in total. The van der Waals surface area contributed by atoms with Gasteiger partial charge >= 0.3 is 5.69 Å². The molecular weight excluding hydrogens is 200 g/mol. The summed E-state index contributed by atoms with van der Waals surface area (Å²) in [6.07, 6.45) is 1.19. The number of H-pyrrole nitrogens is 1. The van der Waals surface area contributed by atoms with E-state index in [2.05, 4.69) is 10.2 Å². The molecule has 0 aliphatic rings. The molecule has 84 valence electrons. The maximum atomic E-state index is 10.6. The number of nitrogens with zero attached hydrogens (tertiary/aromatic N) is 3. The van der Waals surface area contributed by atoms with Crippen LogP contribution in [0.5, 0.6) is 0 Å². The zero-order chi connectivity index (χ0) is 11.4. The largest absolute Gasteiger partial charge is 0.395 e. The Morgan fingerprint density at radius 3 is 3.00 bits per heavy atom. The Balaban J connectivity index is 2.85. The lowest BCUT2D eigenvalue weighted by Crippen LogP contribution is -2.26. The number of hydrogen-bond donors (Lipinski definition) is 2. The fourth-order valence-electron chi connectivity index (χ4n) is 1.31. The second-order valence-corrected chi connectivity index (χ2v) is 3.31. The molecule has 0 saturated heterocycles. The van der Waals surface area contributed by atoms with Gasteiger partial charge in [-0.25, -0.2) is 0 Å². The van der Waals surface area contributed by atoms with Crippen LogP contribution in [0.1, 0.15) is 18.7 Å². The van der Waals surface area contributed by atoms with Crippen LogP contribution in [0.25, 0.3) is 0 Å². The van der Waals surface area contributed by atoms with Gasteiger partial charge in [0.1, 0.15) is 11.9 Å². The first-order valence-corrected chi connectivity index (χ1v) is 4.56. The standard InChI is InChI=1S/C8H14N4O3/c1-6(11(2)3-4-13)8-7(12(14)15)5-9-10-8/h5-6,13H,3-4H2,1-2H3,(H,9,10)/t6-/m1/s1. The van der Waals surface area contributed by atoms with Crippen LogP contribution >= 0.6 is 0 Å². The molecule has 0 aromatic carbocycles. The van der Waals surface area contributed by atoms with Crippen LogP contribution in [0.4, 0.5) is 5.69 Å². The van der Waals surface area contributed by atoms with Gasteiger partial charge in [0.2, 0.25) is 0 Å². The molecule has 0 unspecified atom stereocenters. The fraction of sp³-hybridized carbons (Fsp3) is 0.625. The van der Waals surface area contributed by atoms with Gasteiger partial charge in [0, 0.05) is 6.54 Å². The van der Waals surface area contributed by atoms with Gasteiger partial charge in [-0.05, 0) is 14.0 Å². The zero-order valence-corrected chi connectivity index (χ0v) is 8.67. The summed E-state index contributed by atoms with van der Waals surface area (Å²) in [5, 5.41) is 25.7. The van der Waals surface area contributed by atoms with Crippen molar-refractivity contribution in [2.24, 2.45) is 0 Å². The Morgan fingerprint density at radius 1 is 1.80 bits per heavy atom. The summed E-state index contributed by atoms with van der Waals surface area (Å²) < 4.78 is 0. The highest BCUT2D eigenvalue weighted by Crippen LogP contribution is 2.25. The van der Waals surface area contributed by atoms with Crippen molar-refractivity contribution in [3.63, 3.8) is 0 Å². The third-order valence-corrected chi connectivity index (χ3v) is 2.38. The molecule has 0 fully saturated rings. The van der Waals surface area contributed by atoms with Crippen molar-refractivity contribution < 1.29 is 10.0 Å². The monoisotopic (exact) mass is 214 g/mol. The fourth-order valence-corrected chi connectivity index (χ4v) is 1.31. The van der Waals surface area contributed by atoms with Gasteiger partial charge in [0.05, 0.1) is 17.6 Å². The number of nitro groups is 1. The summed E-state index contributed by atoms with van der Waals surface area (Å²) in [5.41, 5.74) is 0.434. The summed E-state index contributed by atoms with van der Waals surface area (Å²) in [6.45, 7) is 2.29. The number of aromatic amines is 1. The number of likely N-dealkylation sites (N-methyl/N-ethyl adjacent to an activating group) is 1. The summed E-state index contributed by atoms with van der Waals surface area (Å²) in [4.78, 5) is 12.0. The van der Waals surface area contributed by atoms with E-state index in [9.17, 15) is 10.1 Å². The van der Waals surface area contributed by atoms with Crippen LogP contribution in [0.15, 0.2) is 6.20 Å². The molecule has 1 aromatic heterocycles. The predicted molar refractivity (Wildman–Crippen MR) is 53.4 cm³/mol.